The predicted octanol–water partition coefficient (Wildman–Crippen LogP) is 5.03. The van der Waals surface area contributed by atoms with Gasteiger partial charge in [0.25, 0.3) is 0 Å². The maximum absolute atomic E-state index is 4.79. The smallest absolute Gasteiger partial charge is 0.161 e. The predicted molar refractivity (Wildman–Crippen MR) is 90.8 cm³/mol. The molecular weight excluding hydrogens is 276 g/mol. The molecular formula is C18H18N2S. The fourth-order valence-corrected chi connectivity index (χ4v) is 3.25. The first kappa shape index (κ1) is 14.1. The van der Waals surface area contributed by atoms with Crippen LogP contribution >= 0.6 is 11.8 Å². The first-order valence-electron chi connectivity index (χ1n) is 7.16. The Balaban J connectivity index is 2.21. The number of aryl methyl sites for hydroxylation is 2. The van der Waals surface area contributed by atoms with Gasteiger partial charge in [-0.2, -0.15) is 0 Å². The highest BCUT2D eigenvalue weighted by atomic mass is 32.2. The summed E-state index contributed by atoms with van der Waals surface area (Å²) < 4.78 is 0. The second kappa shape index (κ2) is 5.86. The van der Waals surface area contributed by atoms with Crippen molar-refractivity contribution in [1.82, 2.24) is 9.97 Å². The van der Waals surface area contributed by atoms with E-state index in [1.165, 1.54) is 10.5 Å². The Morgan fingerprint density at radius 2 is 1.81 bits per heavy atom. The highest BCUT2D eigenvalue weighted by Crippen LogP contribution is 2.30. The maximum Gasteiger partial charge on any atom is 0.161 e. The van der Waals surface area contributed by atoms with Gasteiger partial charge in [0.15, 0.2) is 5.82 Å². The molecule has 2 nitrogen and oxygen atoms in total. The van der Waals surface area contributed by atoms with Crippen molar-refractivity contribution in [3.8, 4) is 11.4 Å². The molecule has 0 saturated heterocycles. The monoisotopic (exact) mass is 294 g/mol. The molecule has 0 fully saturated rings. The lowest BCUT2D eigenvalue weighted by molar-refractivity contribution is 1.14. The van der Waals surface area contributed by atoms with Gasteiger partial charge < -0.3 is 0 Å². The third kappa shape index (κ3) is 2.79. The lowest BCUT2D eigenvalue weighted by Gasteiger charge is -2.10. The topological polar surface area (TPSA) is 25.8 Å². The van der Waals surface area contributed by atoms with Gasteiger partial charge in [-0.15, -0.1) is 11.8 Å². The molecule has 0 aliphatic carbocycles. The molecule has 0 atom stereocenters. The fourth-order valence-electron chi connectivity index (χ4n) is 2.45. The summed E-state index contributed by atoms with van der Waals surface area (Å²) in [6, 6.07) is 14.7. The van der Waals surface area contributed by atoms with Gasteiger partial charge in [0.2, 0.25) is 0 Å². The number of hydrogen-bond acceptors (Lipinski definition) is 3. The number of hydrogen-bond donors (Lipinski definition) is 0. The number of aromatic nitrogens is 2. The summed E-state index contributed by atoms with van der Waals surface area (Å²) in [5.74, 6) is 1.87. The molecule has 0 bridgehead atoms. The van der Waals surface area contributed by atoms with Gasteiger partial charge in [0.05, 0.1) is 5.52 Å². The minimum Gasteiger partial charge on any atom is -0.233 e. The second-order valence-electron chi connectivity index (χ2n) is 5.08. The maximum atomic E-state index is 4.79. The SMILES string of the molecule is CCSc1ccccc1-c1nc(C)c2ccc(C)cc2n1. The summed E-state index contributed by atoms with van der Waals surface area (Å²) in [7, 11) is 0. The van der Waals surface area contributed by atoms with E-state index in [9.17, 15) is 0 Å². The van der Waals surface area contributed by atoms with Crippen LogP contribution in [0.25, 0.3) is 22.3 Å². The number of benzene rings is 2. The van der Waals surface area contributed by atoms with Crippen molar-refractivity contribution >= 4 is 22.7 Å². The van der Waals surface area contributed by atoms with E-state index >= 15 is 0 Å². The third-order valence-electron chi connectivity index (χ3n) is 3.47. The van der Waals surface area contributed by atoms with Gasteiger partial charge in [-0.25, -0.2) is 9.97 Å². The van der Waals surface area contributed by atoms with E-state index in [2.05, 4.69) is 57.2 Å². The van der Waals surface area contributed by atoms with Crippen LogP contribution in [0.15, 0.2) is 47.4 Å². The minimum absolute atomic E-state index is 0.821. The Labute approximate surface area is 129 Å². The second-order valence-corrected chi connectivity index (χ2v) is 6.39. The quantitative estimate of drug-likeness (QED) is 0.634. The summed E-state index contributed by atoms with van der Waals surface area (Å²) in [6.45, 7) is 6.31. The Bertz CT molecular complexity index is 796. The first-order chi connectivity index (χ1) is 10.2. The van der Waals surface area contributed by atoms with Gasteiger partial charge in [-0.3, -0.25) is 0 Å². The van der Waals surface area contributed by atoms with E-state index in [0.29, 0.717) is 0 Å². The van der Waals surface area contributed by atoms with Gasteiger partial charge in [0.1, 0.15) is 0 Å². The zero-order valence-electron chi connectivity index (χ0n) is 12.6. The van der Waals surface area contributed by atoms with Gasteiger partial charge in [0, 0.05) is 21.5 Å². The van der Waals surface area contributed by atoms with E-state index in [0.717, 1.165) is 33.7 Å². The van der Waals surface area contributed by atoms with Crippen LogP contribution in [0.1, 0.15) is 18.2 Å². The van der Waals surface area contributed by atoms with Crippen molar-refractivity contribution in [1.29, 1.82) is 0 Å². The molecule has 0 amide bonds. The lowest BCUT2D eigenvalue weighted by Crippen LogP contribution is -1.96. The molecule has 1 aromatic heterocycles. The van der Waals surface area contributed by atoms with Crippen LogP contribution in [-0.2, 0) is 0 Å². The molecule has 3 heteroatoms. The Kier molecular flexibility index (Phi) is 3.93. The van der Waals surface area contributed by atoms with Crippen LogP contribution in [0.4, 0.5) is 0 Å². The third-order valence-corrected chi connectivity index (χ3v) is 4.43. The molecule has 3 aromatic rings. The zero-order chi connectivity index (χ0) is 14.8. The van der Waals surface area contributed by atoms with Crippen LogP contribution in [0, 0.1) is 13.8 Å². The van der Waals surface area contributed by atoms with E-state index in [4.69, 9.17) is 9.97 Å². The molecule has 0 spiro atoms. The van der Waals surface area contributed by atoms with Crippen molar-refractivity contribution in [3.05, 3.63) is 53.7 Å². The van der Waals surface area contributed by atoms with Crippen LogP contribution in [-0.4, -0.2) is 15.7 Å². The van der Waals surface area contributed by atoms with Crippen molar-refractivity contribution in [3.63, 3.8) is 0 Å². The number of fused-ring (bicyclic) bond motifs is 1. The standard InChI is InChI=1S/C18H18N2S/c1-4-21-17-8-6-5-7-15(17)18-19-13(3)14-10-9-12(2)11-16(14)20-18/h5-11H,4H2,1-3H3. The molecule has 0 aliphatic rings. The molecule has 1 heterocycles. The van der Waals surface area contributed by atoms with E-state index in [-0.39, 0.29) is 0 Å². The van der Waals surface area contributed by atoms with Crippen LogP contribution in [0.2, 0.25) is 0 Å². The largest absolute Gasteiger partial charge is 0.233 e. The van der Waals surface area contributed by atoms with Crippen molar-refractivity contribution in [2.45, 2.75) is 25.7 Å². The molecule has 0 aliphatic heterocycles. The molecule has 0 saturated carbocycles. The average Bonchev–Trinajstić information content (AvgIpc) is 2.47. The van der Waals surface area contributed by atoms with E-state index in [1.807, 2.05) is 17.8 Å². The summed E-state index contributed by atoms with van der Waals surface area (Å²) in [5.41, 5.74) is 4.40. The van der Waals surface area contributed by atoms with E-state index in [1.54, 1.807) is 0 Å². The van der Waals surface area contributed by atoms with Crippen molar-refractivity contribution in [2.75, 3.05) is 5.75 Å². The van der Waals surface area contributed by atoms with Gasteiger partial charge >= 0.3 is 0 Å². The number of nitrogens with zero attached hydrogens (tertiary/aromatic N) is 2. The Hall–Kier alpha value is -1.87. The zero-order valence-corrected chi connectivity index (χ0v) is 13.4. The lowest BCUT2D eigenvalue weighted by atomic mass is 10.1. The molecule has 0 radical (unpaired) electrons. The number of rotatable bonds is 3. The Morgan fingerprint density at radius 1 is 1.00 bits per heavy atom. The molecule has 0 N–H and O–H groups in total. The minimum atomic E-state index is 0.821. The van der Waals surface area contributed by atoms with Gasteiger partial charge in [-0.1, -0.05) is 37.3 Å². The van der Waals surface area contributed by atoms with Crippen LogP contribution in [0.3, 0.4) is 0 Å². The van der Waals surface area contributed by atoms with Crippen LogP contribution < -0.4 is 0 Å². The summed E-state index contributed by atoms with van der Waals surface area (Å²) in [4.78, 5) is 10.7. The first-order valence-corrected chi connectivity index (χ1v) is 8.15. The van der Waals surface area contributed by atoms with E-state index < -0.39 is 0 Å². The number of thioether (sulfide) groups is 1. The fraction of sp³-hybridized carbons (Fsp3) is 0.222. The molecule has 106 valence electrons. The van der Waals surface area contributed by atoms with Crippen LogP contribution in [0.5, 0.6) is 0 Å². The summed E-state index contributed by atoms with van der Waals surface area (Å²) >= 11 is 1.83. The highest BCUT2D eigenvalue weighted by molar-refractivity contribution is 7.99. The Morgan fingerprint density at radius 3 is 2.62 bits per heavy atom. The molecule has 21 heavy (non-hydrogen) atoms. The summed E-state index contributed by atoms with van der Waals surface area (Å²) in [5, 5.41) is 1.13. The average molecular weight is 294 g/mol. The van der Waals surface area contributed by atoms with Crippen molar-refractivity contribution < 1.29 is 0 Å². The van der Waals surface area contributed by atoms with Crippen molar-refractivity contribution in [2.24, 2.45) is 0 Å². The molecule has 3 rings (SSSR count). The normalized spacial score (nSPS) is 11.0. The highest BCUT2D eigenvalue weighted by Gasteiger charge is 2.10. The van der Waals surface area contributed by atoms with Gasteiger partial charge in [-0.05, 0) is 37.3 Å². The summed E-state index contributed by atoms with van der Waals surface area (Å²) in [6.07, 6.45) is 0. The molecule has 0 unspecified atom stereocenters. The molecule has 2 aromatic carbocycles.